The standard InChI is InChI=1S/C41H42FN4O4P/c1-5-6-22-34(46(40(48)49)36(41(2,3)4)27-37-44-45-39(50-37)29-23-25-30(42)26-24-29)38(47)35(28-43)51(31-16-10-7-11-17-31,32-18-12-8-13-19-32)33-20-14-9-15-21-33/h7-21,23-26,34,36H,5-6,22,27H2,1-4H3,(H,48,49)/t34-,36?/m0/s1. The minimum Gasteiger partial charge on any atom is -0.465 e. The van der Waals surface area contributed by atoms with Crippen molar-refractivity contribution in [3.63, 3.8) is 0 Å². The Hall–Kier alpha value is -5.32. The van der Waals surface area contributed by atoms with Gasteiger partial charge in [-0.3, -0.25) is 9.69 Å². The predicted octanol–water partition coefficient (Wildman–Crippen LogP) is 7.63. The maximum Gasteiger partial charge on any atom is 0.408 e. The van der Waals surface area contributed by atoms with Crippen LogP contribution in [0.3, 0.4) is 0 Å². The van der Waals surface area contributed by atoms with Crippen LogP contribution in [0.4, 0.5) is 9.18 Å². The zero-order chi connectivity index (χ0) is 36.6. The van der Waals surface area contributed by atoms with E-state index in [0.29, 0.717) is 18.4 Å². The summed E-state index contributed by atoms with van der Waals surface area (Å²) in [4.78, 5) is 30.1. The van der Waals surface area contributed by atoms with Crippen LogP contribution in [0.5, 0.6) is 0 Å². The lowest BCUT2D eigenvalue weighted by molar-refractivity contribution is -0.119. The Morgan fingerprint density at radius 3 is 1.80 bits per heavy atom. The lowest BCUT2D eigenvalue weighted by Crippen LogP contribution is -2.57. The van der Waals surface area contributed by atoms with Crippen LogP contribution < -0.4 is 15.9 Å². The molecule has 0 fully saturated rings. The van der Waals surface area contributed by atoms with Crippen molar-refractivity contribution < 1.29 is 23.5 Å². The van der Waals surface area contributed by atoms with Crippen molar-refractivity contribution in [2.24, 2.45) is 5.41 Å². The first-order valence-electron chi connectivity index (χ1n) is 17.0. The molecule has 4 aromatic carbocycles. The number of hydrogen-bond acceptors (Lipinski definition) is 6. The number of nitrogens with zero attached hydrogens (tertiary/aromatic N) is 4. The summed E-state index contributed by atoms with van der Waals surface area (Å²) in [5, 5.41) is 33.0. The van der Waals surface area contributed by atoms with Gasteiger partial charge in [-0.05, 0) is 58.9 Å². The van der Waals surface area contributed by atoms with E-state index in [9.17, 15) is 19.6 Å². The van der Waals surface area contributed by atoms with Gasteiger partial charge in [0.25, 0.3) is 0 Å². The molecule has 0 saturated carbocycles. The van der Waals surface area contributed by atoms with Crippen LogP contribution in [0.25, 0.3) is 11.5 Å². The molecule has 0 saturated heterocycles. The minimum absolute atomic E-state index is 0.0120. The summed E-state index contributed by atoms with van der Waals surface area (Å²) in [6.07, 6.45) is 0.197. The van der Waals surface area contributed by atoms with E-state index in [2.05, 4.69) is 16.3 Å². The van der Waals surface area contributed by atoms with E-state index in [1.165, 1.54) is 29.2 Å². The second kappa shape index (κ2) is 16.1. The van der Waals surface area contributed by atoms with Crippen LogP contribution >= 0.6 is 6.89 Å². The van der Waals surface area contributed by atoms with E-state index in [1.807, 2.05) is 119 Å². The number of ketones is 1. The van der Waals surface area contributed by atoms with Gasteiger partial charge in [-0.2, -0.15) is 5.26 Å². The Kier molecular flexibility index (Phi) is 11.7. The molecule has 1 heterocycles. The molecule has 0 bridgehead atoms. The summed E-state index contributed by atoms with van der Waals surface area (Å²) >= 11 is 0. The smallest absolute Gasteiger partial charge is 0.408 e. The fourth-order valence-electron chi connectivity index (χ4n) is 6.55. The third-order valence-corrected chi connectivity index (χ3v) is 13.3. The monoisotopic (exact) mass is 704 g/mol. The van der Waals surface area contributed by atoms with Gasteiger partial charge in [0.05, 0.1) is 6.04 Å². The van der Waals surface area contributed by atoms with Crippen LogP contribution in [0, 0.1) is 22.6 Å². The average molecular weight is 705 g/mol. The number of Topliss-reactive ketones (excluding diaryl/α,β-unsaturated/α-hetero) is 1. The van der Waals surface area contributed by atoms with Crippen LogP contribution in [0.1, 0.15) is 52.8 Å². The summed E-state index contributed by atoms with van der Waals surface area (Å²) in [6.45, 7) is 4.55. The zero-order valence-electron chi connectivity index (χ0n) is 29.2. The maximum absolute atomic E-state index is 15.4. The highest BCUT2D eigenvalue weighted by Crippen LogP contribution is 2.47. The van der Waals surface area contributed by atoms with Crippen LogP contribution in [-0.4, -0.2) is 49.5 Å². The number of halogens is 1. The lowest BCUT2D eigenvalue weighted by atomic mass is 9.82. The quantitative estimate of drug-likeness (QED) is 0.125. The van der Waals surface area contributed by atoms with Crippen molar-refractivity contribution in [3.8, 4) is 17.5 Å². The maximum atomic E-state index is 15.4. The summed E-state index contributed by atoms with van der Waals surface area (Å²) < 4.78 is 19.6. The molecule has 1 unspecified atom stereocenters. The Balaban J connectivity index is 1.73. The first kappa shape index (κ1) is 36.9. The molecular formula is C41H42FN4O4P. The van der Waals surface area contributed by atoms with Gasteiger partial charge in [-0.15, -0.1) is 10.2 Å². The highest BCUT2D eigenvalue weighted by atomic mass is 31.2. The van der Waals surface area contributed by atoms with Gasteiger partial charge in [-0.1, -0.05) is 132 Å². The van der Waals surface area contributed by atoms with Gasteiger partial charge in [0.15, 0.2) is 5.78 Å². The molecule has 1 amide bonds. The Morgan fingerprint density at radius 2 is 1.37 bits per heavy atom. The molecule has 2 atom stereocenters. The molecule has 0 radical (unpaired) electrons. The molecule has 0 aliphatic carbocycles. The Labute approximate surface area is 298 Å². The normalized spacial score (nSPS) is 12.8. The average Bonchev–Trinajstić information content (AvgIpc) is 3.61. The number of carbonyl (C=O) groups excluding carboxylic acids is 1. The summed E-state index contributed by atoms with van der Waals surface area (Å²) in [6, 6.07) is 34.7. The molecule has 8 nitrogen and oxygen atoms in total. The zero-order valence-corrected chi connectivity index (χ0v) is 30.1. The number of unbranched alkanes of at least 4 members (excludes halogenated alkanes) is 1. The van der Waals surface area contributed by atoms with Crippen LogP contribution in [-0.2, 0) is 11.2 Å². The topological polar surface area (TPSA) is 120 Å². The summed E-state index contributed by atoms with van der Waals surface area (Å²) in [5.74, 6) is -0.587. The fourth-order valence-corrected chi connectivity index (χ4v) is 10.7. The molecule has 1 N–H and O–H groups in total. The first-order chi connectivity index (χ1) is 24.5. The molecular weight excluding hydrogens is 662 g/mol. The summed E-state index contributed by atoms with van der Waals surface area (Å²) in [7, 11) is 0. The van der Waals surface area contributed by atoms with E-state index in [1.54, 1.807) is 0 Å². The first-order valence-corrected chi connectivity index (χ1v) is 18.8. The summed E-state index contributed by atoms with van der Waals surface area (Å²) in [5.41, 5.74) is -0.185. The van der Waals surface area contributed by atoms with E-state index in [-0.39, 0.29) is 29.9 Å². The second-order valence-electron chi connectivity index (χ2n) is 13.4. The van der Waals surface area contributed by atoms with Gasteiger partial charge in [0.2, 0.25) is 11.8 Å². The number of carboxylic acid groups (broad SMARTS) is 1. The lowest BCUT2D eigenvalue weighted by Gasteiger charge is -2.42. The van der Waals surface area contributed by atoms with Crippen molar-refractivity contribution in [2.75, 3.05) is 0 Å². The van der Waals surface area contributed by atoms with E-state index in [4.69, 9.17) is 4.42 Å². The van der Waals surface area contributed by atoms with Crippen LogP contribution in [0.2, 0.25) is 0 Å². The number of carbonyl (C=O) groups is 2. The highest BCUT2D eigenvalue weighted by molar-refractivity contribution is 7.97. The van der Waals surface area contributed by atoms with Crippen molar-refractivity contribution >= 4 is 40.0 Å². The molecule has 262 valence electrons. The number of rotatable bonds is 13. The number of amides is 1. The minimum atomic E-state index is -3.13. The number of hydrogen-bond donors (Lipinski definition) is 1. The number of aromatic nitrogens is 2. The molecule has 0 aliphatic heterocycles. The predicted molar refractivity (Wildman–Crippen MR) is 201 cm³/mol. The molecule has 51 heavy (non-hydrogen) atoms. The molecule has 5 rings (SSSR count). The van der Waals surface area contributed by atoms with E-state index >= 15 is 4.79 Å². The molecule has 1 aromatic heterocycles. The molecule has 0 aliphatic rings. The highest BCUT2D eigenvalue weighted by Gasteiger charge is 2.44. The van der Waals surface area contributed by atoms with Crippen molar-refractivity contribution in [3.05, 3.63) is 127 Å². The Morgan fingerprint density at radius 1 is 0.863 bits per heavy atom. The SMILES string of the molecule is CCCC[C@@H](C(=O)C(C#N)=P(c1ccccc1)(c1ccccc1)c1ccccc1)N(C(=O)O)C(Cc1nnc(-c2ccc(F)cc2)o1)C(C)(C)C. The number of nitriles is 1. The van der Waals surface area contributed by atoms with Crippen molar-refractivity contribution in [2.45, 2.75) is 65.5 Å². The third kappa shape index (κ3) is 7.87. The molecule has 5 aromatic rings. The van der Waals surface area contributed by atoms with E-state index in [0.717, 1.165) is 15.9 Å². The van der Waals surface area contributed by atoms with Gasteiger partial charge >= 0.3 is 6.09 Å². The number of benzene rings is 4. The largest absolute Gasteiger partial charge is 0.465 e. The molecule has 10 heteroatoms. The van der Waals surface area contributed by atoms with Crippen molar-refractivity contribution in [1.82, 2.24) is 15.1 Å². The third-order valence-electron chi connectivity index (χ3n) is 9.06. The molecule has 0 spiro atoms. The van der Waals surface area contributed by atoms with E-state index < -0.39 is 42.1 Å². The Bertz CT molecular complexity index is 1930. The van der Waals surface area contributed by atoms with Crippen LogP contribution in [0.15, 0.2) is 120 Å². The van der Waals surface area contributed by atoms with Gasteiger partial charge in [0, 0.05) is 18.0 Å². The van der Waals surface area contributed by atoms with Crippen molar-refractivity contribution in [1.29, 1.82) is 5.26 Å². The van der Waals surface area contributed by atoms with Gasteiger partial charge in [0.1, 0.15) is 17.2 Å². The second-order valence-corrected chi connectivity index (χ2v) is 16.8. The van der Waals surface area contributed by atoms with Gasteiger partial charge < -0.3 is 9.52 Å². The fraction of sp³-hybridized carbons (Fsp3) is 0.268. The van der Waals surface area contributed by atoms with Gasteiger partial charge in [-0.25, -0.2) is 9.18 Å².